The smallest absolute Gasteiger partial charge is 0.191 e. The second-order valence-corrected chi connectivity index (χ2v) is 5.72. The lowest BCUT2D eigenvalue weighted by atomic mass is 10.1. The van der Waals surface area contributed by atoms with Crippen molar-refractivity contribution < 1.29 is 4.74 Å². The maximum atomic E-state index is 5.30. The number of rotatable bonds is 8. The van der Waals surface area contributed by atoms with E-state index < -0.39 is 0 Å². The summed E-state index contributed by atoms with van der Waals surface area (Å²) in [4.78, 5) is 4.65. The van der Waals surface area contributed by atoms with Crippen LogP contribution in [-0.2, 0) is 19.5 Å². The van der Waals surface area contributed by atoms with E-state index in [0.717, 1.165) is 54.7 Å². The van der Waals surface area contributed by atoms with Crippen LogP contribution in [0.15, 0.2) is 29.5 Å². The van der Waals surface area contributed by atoms with Crippen LogP contribution >= 0.6 is 24.0 Å². The van der Waals surface area contributed by atoms with E-state index in [9.17, 15) is 0 Å². The molecule has 2 rings (SSSR count). The summed E-state index contributed by atoms with van der Waals surface area (Å²) in [5, 5.41) is 14.7. The molecule has 1 aromatic heterocycles. The molecular formula is C18H29IN6O. The number of hydrogen-bond donors (Lipinski definition) is 2. The first-order valence-electron chi connectivity index (χ1n) is 8.70. The fourth-order valence-corrected chi connectivity index (χ4v) is 2.59. The number of aliphatic imine (C=N–C) groups is 1. The normalized spacial score (nSPS) is 11.0. The highest BCUT2D eigenvalue weighted by atomic mass is 127. The Hall–Kier alpha value is -1.84. The van der Waals surface area contributed by atoms with Crippen molar-refractivity contribution in [2.75, 3.05) is 20.2 Å². The fraction of sp³-hybridized carbons (Fsp3) is 0.500. The number of guanidine groups is 1. The molecule has 0 aliphatic carbocycles. The summed E-state index contributed by atoms with van der Waals surface area (Å²) >= 11 is 0. The Morgan fingerprint density at radius 3 is 2.73 bits per heavy atom. The van der Waals surface area contributed by atoms with E-state index in [0.29, 0.717) is 6.54 Å². The maximum Gasteiger partial charge on any atom is 0.191 e. The number of benzene rings is 1. The van der Waals surface area contributed by atoms with Crippen molar-refractivity contribution in [1.82, 2.24) is 25.4 Å². The molecule has 0 amide bonds. The molecule has 2 N–H and O–H groups in total. The third-order valence-electron chi connectivity index (χ3n) is 3.88. The third kappa shape index (κ3) is 6.47. The van der Waals surface area contributed by atoms with Crippen LogP contribution in [0.1, 0.15) is 30.8 Å². The number of nitrogens with zero attached hydrogens (tertiary/aromatic N) is 4. The lowest BCUT2D eigenvalue weighted by Crippen LogP contribution is -2.38. The number of methoxy groups -OCH3 is 1. The number of nitrogens with one attached hydrogen (secondary N) is 2. The Morgan fingerprint density at radius 2 is 2.08 bits per heavy atom. The highest BCUT2D eigenvalue weighted by Gasteiger charge is 2.03. The van der Waals surface area contributed by atoms with Gasteiger partial charge >= 0.3 is 0 Å². The Kier molecular flexibility index (Phi) is 10.0. The topological polar surface area (TPSA) is 76.4 Å². The van der Waals surface area contributed by atoms with Crippen LogP contribution in [0.5, 0.6) is 5.75 Å². The van der Waals surface area contributed by atoms with Crippen molar-refractivity contribution in [2.24, 2.45) is 4.99 Å². The molecule has 7 nitrogen and oxygen atoms in total. The monoisotopic (exact) mass is 472 g/mol. The molecule has 0 atom stereocenters. The summed E-state index contributed by atoms with van der Waals surface area (Å²) in [6.45, 7) is 9.19. The second kappa shape index (κ2) is 11.7. The Labute approximate surface area is 172 Å². The Balaban J connectivity index is 0.00000338. The standard InChI is InChI=1S/C18H28N6O.HI/c1-5-17-23-22-13-24(17)10-9-20-18(19-6-2)21-12-15-7-8-16(25-4)14(3)11-15;/h7-8,11,13H,5-6,9-10,12H2,1-4H3,(H2,19,20,21);1H. The molecule has 0 saturated carbocycles. The van der Waals surface area contributed by atoms with Gasteiger partial charge in [-0.2, -0.15) is 0 Å². The SMILES string of the molecule is CCNC(=NCc1ccc(OC)c(C)c1)NCCn1cnnc1CC.I. The van der Waals surface area contributed by atoms with E-state index in [-0.39, 0.29) is 24.0 Å². The van der Waals surface area contributed by atoms with E-state index in [1.165, 1.54) is 0 Å². The van der Waals surface area contributed by atoms with Crippen molar-refractivity contribution in [1.29, 1.82) is 0 Å². The quantitative estimate of drug-likeness (QED) is 0.351. The zero-order chi connectivity index (χ0) is 18.1. The highest BCUT2D eigenvalue weighted by Crippen LogP contribution is 2.18. The van der Waals surface area contributed by atoms with Crippen LogP contribution in [0.25, 0.3) is 0 Å². The zero-order valence-corrected chi connectivity index (χ0v) is 18.3. The molecule has 1 heterocycles. The van der Waals surface area contributed by atoms with Crippen molar-refractivity contribution in [3.8, 4) is 5.75 Å². The summed E-state index contributed by atoms with van der Waals surface area (Å²) in [6, 6.07) is 6.14. The molecule has 0 bridgehead atoms. The highest BCUT2D eigenvalue weighted by molar-refractivity contribution is 14.0. The van der Waals surface area contributed by atoms with Gasteiger partial charge in [-0.1, -0.05) is 19.1 Å². The number of ether oxygens (including phenoxy) is 1. The van der Waals surface area contributed by atoms with Crippen molar-refractivity contribution in [3.05, 3.63) is 41.5 Å². The molecule has 26 heavy (non-hydrogen) atoms. The maximum absolute atomic E-state index is 5.30. The van der Waals surface area contributed by atoms with Crippen LogP contribution in [0, 0.1) is 6.92 Å². The lowest BCUT2D eigenvalue weighted by molar-refractivity contribution is 0.411. The van der Waals surface area contributed by atoms with Gasteiger partial charge in [0.2, 0.25) is 0 Å². The van der Waals surface area contributed by atoms with Gasteiger partial charge in [-0.25, -0.2) is 4.99 Å². The molecule has 8 heteroatoms. The predicted molar refractivity (Wildman–Crippen MR) is 115 cm³/mol. The minimum Gasteiger partial charge on any atom is -0.496 e. The molecule has 0 saturated heterocycles. The van der Waals surface area contributed by atoms with Gasteiger partial charge in [0.1, 0.15) is 17.9 Å². The minimum atomic E-state index is 0. The molecule has 0 spiro atoms. The first-order valence-corrected chi connectivity index (χ1v) is 8.70. The largest absolute Gasteiger partial charge is 0.496 e. The summed E-state index contributed by atoms with van der Waals surface area (Å²) in [5.41, 5.74) is 2.27. The van der Waals surface area contributed by atoms with Gasteiger partial charge in [0.25, 0.3) is 0 Å². The van der Waals surface area contributed by atoms with Crippen LogP contribution in [-0.4, -0.2) is 40.9 Å². The number of aryl methyl sites for hydroxylation is 2. The van der Waals surface area contributed by atoms with Crippen molar-refractivity contribution >= 4 is 29.9 Å². The van der Waals surface area contributed by atoms with Gasteiger partial charge in [-0.3, -0.25) is 0 Å². The third-order valence-corrected chi connectivity index (χ3v) is 3.88. The van der Waals surface area contributed by atoms with E-state index in [1.54, 1.807) is 13.4 Å². The van der Waals surface area contributed by atoms with Crippen molar-refractivity contribution in [3.63, 3.8) is 0 Å². The molecule has 0 fully saturated rings. The molecule has 0 aliphatic heterocycles. The van der Waals surface area contributed by atoms with Gasteiger partial charge in [0, 0.05) is 26.1 Å². The van der Waals surface area contributed by atoms with Crippen LogP contribution < -0.4 is 15.4 Å². The van der Waals surface area contributed by atoms with Gasteiger partial charge in [0.15, 0.2) is 5.96 Å². The lowest BCUT2D eigenvalue weighted by Gasteiger charge is -2.12. The first-order chi connectivity index (χ1) is 12.2. The van der Waals surface area contributed by atoms with Gasteiger partial charge in [-0.15, -0.1) is 34.2 Å². The average molecular weight is 472 g/mol. The van der Waals surface area contributed by atoms with E-state index in [1.807, 2.05) is 19.1 Å². The fourth-order valence-electron chi connectivity index (χ4n) is 2.59. The van der Waals surface area contributed by atoms with E-state index in [2.05, 4.69) is 50.3 Å². The summed E-state index contributed by atoms with van der Waals surface area (Å²) in [7, 11) is 1.69. The number of aromatic nitrogens is 3. The second-order valence-electron chi connectivity index (χ2n) is 5.72. The Bertz CT molecular complexity index is 701. The molecule has 144 valence electrons. The van der Waals surface area contributed by atoms with E-state index >= 15 is 0 Å². The van der Waals surface area contributed by atoms with Gasteiger partial charge in [-0.05, 0) is 31.0 Å². The molecule has 1 aromatic carbocycles. The van der Waals surface area contributed by atoms with E-state index in [4.69, 9.17) is 4.74 Å². The summed E-state index contributed by atoms with van der Waals surface area (Å²) < 4.78 is 7.36. The van der Waals surface area contributed by atoms with Gasteiger partial charge < -0.3 is 19.9 Å². The molecule has 0 radical (unpaired) electrons. The molecule has 0 unspecified atom stereocenters. The number of halogens is 1. The first kappa shape index (κ1) is 22.2. The van der Waals surface area contributed by atoms with Crippen molar-refractivity contribution in [2.45, 2.75) is 40.3 Å². The van der Waals surface area contributed by atoms with Crippen LogP contribution in [0.2, 0.25) is 0 Å². The summed E-state index contributed by atoms with van der Waals surface area (Å²) in [5.74, 6) is 2.71. The van der Waals surface area contributed by atoms with Crippen LogP contribution in [0.3, 0.4) is 0 Å². The zero-order valence-electron chi connectivity index (χ0n) is 16.0. The van der Waals surface area contributed by atoms with Gasteiger partial charge in [0.05, 0.1) is 13.7 Å². The molecule has 0 aliphatic rings. The van der Waals surface area contributed by atoms with Crippen LogP contribution in [0.4, 0.5) is 0 Å². The Morgan fingerprint density at radius 1 is 1.27 bits per heavy atom. The molecule has 2 aromatic rings. The number of hydrogen-bond acceptors (Lipinski definition) is 4. The predicted octanol–water partition coefficient (Wildman–Crippen LogP) is 2.53. The minimum absolute atomic E-state index is 0. The average Bonchev–Trinajstić information content (AvgIpc) is 3.07. The summed E-state index contributed by atoms with van der Waals surface area (Å²) in [6.07, 6.45) is 2.65. The molecular weight excluding hydrogens is 443 g/mol.